The zero-order valence-electron chi connectivity index (χ0n) is 15.4. The number of carbonyl (C=O) groups excluding carboxylic acids is 2. The number of thiophene rings is 1. The highest BCUT2D eigenvalue weighted by Crippen LogP contribution is 2.36. The lowest BCUT2D eigenvalue weighted by Crippen LogP contribution is -2.31. The third-order valence-electron chi connectivity index (χ3n) is 3.64. The molecule has 0 atom stereocenters. The van der Waals surface area contributed by atoms with E-state index in [9.17, 15) is 9.59 Å². The van der Waals surface area contributed by atoms with Gasteiger partial charge in [-0.3, -0.25) is 9.59 Å². The third-order valence-corrected chi connectivity index (χ3v) is 4.91. The summed E-state index contributed by atoms with van der Waals surface area (Å²) in [5.74, 6) is -1.26. The summed E-state index contributed by atoms with van der Waals surface area (Å²) in [4.78, 5) is 31.4. The van der Waals surface area contributed by atoms with Gasteiger partial charge in [0.15, 0.2) is 5.96 Å². The zero-order chi connectivity index (χ0) is 20.1. The van der Waals surface area contributed by atoms with Crippen LogP contribution in [0.3, 0.4) is 0 Å². The molecule has 0 bridgehead atoms. The summed E-state index contributed by atoms with van der Waals surface area (Å²) in [6, 6.07) is 6.70. The lowest BCUT2D eigenvalue weighted by atomic mass is 10.0. The summed E-state index contributed by atoms with van der Waals surface area (Å²) in [5, 5.41) is 2.83. The lowest BCUT2D eigenvalue weighted by Gasteiger charge is -2.12. The van der Waals surface area contributed by atoms with Gasteiger partial charge in [-0.05, 0) is 50.8 Å². The van der Waals surface area contributed by atoms with E-state index in [2.05, 4.69) is 10.3 Å². The van der Waals surface area contributed by atoms with Crippen molar-refractivity contribution in [3.63, 3.8) is 0 Å². The molecule has 0 saturated carbocycles. The highest BCUT2D eigenvalue weighted by molar-refractivity contribution is 7.16. The van der Waals surface area contributed by atoms with Crippen LogP contribution in [0.15, 0.2) is 29.3 Å². The van der Waals surface area contributed by atoms with E-state index in [-0.39, 0.29) is 17.4 Å². The Kier molecular flexibility index (Phi) is 6.95. The van der Waals surface area contributed by atoms with E-state index in [1.54, 1.807) is 12.1 Å². The summed E-state index contributed by atoms with van der Waals surface area (Å²) in [7, 11) is 3.83. The number of likely N-dealkylation sites (N-methyl/N-ethyl adjacent to an activating group) is 1. The minimum Gasteiger partial charge on any atom is -0.370 e. The molecular weight excluding hydrogens is 386 g/mol. The third kappa shape index (κ3) is 5.78. The van der Waals surface area contributed by atoms with E-state index in [0.29, 0.717) is 28.6 Å². The van der Waals surface area contributed by atoms with Crippen molar-refractivity contribution < 1.29 is 9.59 Å². The molecule has 2 amide bonds. The second-order valence-electron chi connectivity index (χ2n) is 6.24. The van der Waals surface area contributed by atoms with Gasteiger partial charge in [0.05, 0.1) is 0 Å². The number of aliphatic imine (C=N–C) groups is 1. The predicted octanol–water partition coefficient (Wildman–Crippen LogP) is 2.08. The smallest absolute Gasteiger partial charge is 0.280 e. The number of amides is 2. The first-order valence-corrected chi connectivity index (χ1v) is 9.35. The quantitative estimate of drug-likeness (QED) is 0.501. The Balaban J connectivity index is 2.45. The molecule has 5 N–H and O–H groups in total. The predicted molar refractivity (Wildman–Crippen MR) is 111 cm³/mol. The van der Waals surface area contributed by atoms with Gasteiger partial charge >= 0.3 is 0 Å². The maximum Gasteiger partial charge on any atom is 0.280 e. The molecule has 0 aliphatic rings. The summed E-state index contributed by atoms with van der Waals surface area (Å²) in [6.07, 6.45) is 0. The van der Waals surface area contributed by atoms with Gasteiger partial charge in [-0.2, -0.15) is 4.99 Å². The SMILES string of the molecule is Cc1cc(-c2cc(C(=O)N=C(N)N)cc(C(=O)NCCN(C)C)c2)c(Cl)s1. The fraction of sp³-hybridized carbons (Fsp3) is 0.278. The molecule has 2 aromatic rings. The molecule has 2 rings (SSSR count). The summed E-state index contributed by atoms with van der Waals surface area (Å²) < 4.78 is 0.581. The molecule has 0 fully saturated rings. The second kappa shape index (κ2) is 8.98. The van der Waals surface area contributed by atoms with Crippen LogP contribution in [-0.2, 0) is 0 Å². The number of halogens is 1. The van der Waals surface area contributed by atoms with E-state index in [4.69, 9.17) is 23.1 Å². The van der Waals surface area contributed by atoms with Gasteiger partial charge in [0.2, 0.25) is 0 Å². The number of hydrogen-bond donors (Lipinski definition) is 3. The Hall–Kier alpha value is -2.42. The van der Waals surface area contributed by atoms with Crippen molar-refractivity contribution in [1.29, 1.82) is 0 Å². The Labute approximate surface area is 167 Å². The van der Waals surface area contributed by atoms with Crippen LogP contribution in [0, 0.1) is 6.92 Å². The summed E-state index contributed by atoms with van der Waals surface area (Å²) in [6.45, 7) is 3.11. The van der Waals surface area contributed by atoms with Crippen LogP contribution in [0.25, 0.3) is 11.1 Å². The van der Waals surface area contributed by atoms with Crippen LogP contribution in [0.4, 0.5) is 0 Å². The van der Waals surface area contributed by atoms with Gasteiger partial charge < -0.3 is 21.7 Å². The van der Waals surface area contributed by atoms with Crippen molar-refractivity contribution in [2.45, 2.75) is 6.92 Å². The highest BCUT2D eigenvalue weighted by Gasteiger charge is 2.16. The van der Waals surface area contributed by atoms with Gasteiger partial charge in [-0.25, -0.2) is 0 Å². The molecule has 144 valence electrons. The number of carbonyl (C=O) groups is 2. The molecule has 1 heterocycles. The highest BCUT2D eigenvalue weighted by atomic mass is 35.5. The Morgan fingerprint density at radius 2 is 1.85 bits per heavy atom. The van der Waals surface area contributed by atoms with Crippen LogP contribution < -0.4 is 16.8 Å². The molecule has 0 spiro atoms. The molecule has 0 unspecified atom stereocenters. The minimum atomic E-state index is -0.623. The van der Waals surface area contributed by atoms with E-state index >= 15 is 0 Å². The Morgan fingerprint density at radius 1 is 1.19 bits per heavy atom. The Bertz CT molecular complexity index is 888. The number of benzene rings is 1. The van der Waals surface area contributed by atoms with Gasteiger partial charge in [0.1, 0.15) is 4.34 Å². The molecule has 9 heteroatoms. The van der Waals surface area contributed by atoms with Gasteiger partial charge in [0.25, 0.3) is 11.8 Å². The molecule has 0 aliphatic carbocycles. The van der Waals surface area contributed by atoms with Crippen LogP contribution in [0.1, 0.15) is 25.6 Å². The van der Waals surface area contributed by atoms with E-state index in [1.807, 2.05) is 32.0 Å². The average Bonchev–Trinajstić information content (AvgIpc) is 2.91. The van der Waals surface area contributed by atoms with Crippen molar-refractivity contribution >= 4 is 40.7 Å². The van der Waals surface area contributed by atoms with Crippen LogP contribution in [-0.4, -0.2) is 49.9 Å². The maximum atomic E-state index is 12.5. The molecule has 0 radical (unpaired) electrons. The van der Waals surface area contributed by atoms with Crippen molar-refractivity contribution in [1.82, 2.24) is 10.2 Å². The number of nitrogens with zero attached hydrogens (tertiary/aromatic N) is 2. The molecule has 0 aliphatic heterocycles. The van der Waals surface area contributed by atoms with Crippen LogP contribution in [0.5, 0.6) is 0 Å². The van der Waals surface area contributed by atoms with Crippen molar-refractivity contribution in [2.24, 2.45) is 16.5 Å². The first-order chi connectivity index (χ1) is 12.7. The van der Waals surface area contributed by atoms with Gasteiger partial charge in [-0.1, -0.05) is 11.6 Å². The average molecular weight is 408 g/mol. The number of guanidine groups is 1. The molecule has 1 aromatic carbocycles. The van der Waals surface area contributed by atoms with Crippen LogP contribution >= 0.6 is 22.9 Å². The number of hydrogen-bond acceptors (Lipinski definition) is 4. The number of nitrogens with one attached hydrogen (secondary N) is 1. The van der Waals surface area contributed by atoms with Crippen molar-refractivity contribution in [3.8, 4) is 11.1 Å². The molecule has 1 aromatic heterocycles. The van der Waals surface area contributed by atoms with Crippen molar-refractivity contribution in [2.75, 3.05) is 27.2 Å². The Morgan fingerprint density at radius 3 is 2.41 bits per heavy atom. The largest absolute Gasteiger partial charge is 0.370 e. The first-order valence-electron chi connectivity index (χ1n) is 8.15. The van der Waals surface area contributed by atoms with E-state index in [1.165, 1.54) is 17.4 Å². The topological polar surface area (TPSA) is 114 Å². The van der Waals surface area contributed by atoms with Crippen molar-refractivity contribution in [3.05, 3.63) is 44.6 Å². The maximum absolute atomic E-state index is 12.5. The molecule has 7 nitrogen and oxygen atoms in total. The van der Waals surface area contributed by atoms with Gasteiger partial charge in [-0.15, -0.1) is 11.3 Å². The first kappa shape index (κ1) is 20.9. The van der Waals surface area contributed by atoms with Crippen LogP contribution in [0.2, 0.25) is 4.34 Å². The second-order valence-corrected chi connectivity index (χ2v) is 8.10. The molecular formula is C18H22ClN5O2S. The number of rotatable bonds is 6. The number of aryl methyl sites for hydroxylation is 1. The lowest BCUT2D eigenvalue weighted by molar-refractivity contribution is 0.0951. The summed E-state index contributed by atoms with van der Waals surface area (Å²) in [5.41, 5.74) is 12.5. The van der Waals surface area contributed by atoms with Gasteiger partial charge in [0, 0.05) is 34.7 Å². The standard InChI is InChI=1S/C18H22ClN5O2S/c1-10-6-14(15(19)27-10)11-7-12(16(25)22-4-5-24(2)3)9-13(8-11)17(26)23-18(20)21/h6-9H,4-5H2,1-3H3,(H,22,25)(H4,20,21,23,26). The fourth-order valence-electron chi connectivity index (χ4n) is 2.40. The fourth-order valence-corrected chi connectivity index (χ4v) is 3.67. The normalized spacial score (nSPS) is 10.7. The molecule has 0 saturated heterocycles. The monoisotopic (exact) mass is 407 g/mol. The zero-order valence-corrected chi connectivity index (χ0v) is 16.9. The molecule has 27 heavy (non-hydrogen) atoms. The van der Waals surface area contributed by atoms with E-state index < -0.39 is 5.91 Å². The number of nitrogens with two attached hydrogens (primary N) is 2. The minimum absolute atomic E-state index is 0.207. The van der Waals surface area contributed by atoms with E-state index in [0.717, 1.165) is 10.4 Å². The summed E-state index contributed by atoms with van der Waals surface area (Å²) >= 11 is 7.73.